The number of halogens is 1. The van der Waals surface area contributed by atoms with Gasteiger partial charge in [0, 0.05) is 42.7 Å². The Hall–Kier alpha value is -3.10. The Bertz CT molecular complexity index is 1070. The fourth-order valence-electron chi connectivity index (χ4n) is 4.49. The van der Waals surface area contributed by atoms with Gasteiger partial charge in [-0.3, -0.25) is 14.4 Å². The number of rotatable bonds is 1. The Kier molecular flexibility index (Phi) is 9.12. The number of nitrogens with two attached hydrogens (primary N) is 1. The van der Waals surface area contributed by atoms with Gasteiger partial charge in [0.1, 0.15) is 5.75 Å². The Morgan fingerprint density at radius 1 is 1.00 bits per heavy atom. The van der Waals surface area contributed by atoms with Crippen molar-refractivity contribution >= 4 is 30.1 Å². The first-order valence-electron chi connectivity index (χ1n) is 11.9. The maximum Gasteiger partial charge on any atom is 0.251 e. The highest BCUT2D eigenvalue weighted by Gasteiger charge is 2.35. The first-order chi connectivity index (χ1) is 16.4. The minimum absolute atomic E-state index is 0. The molecule has 188 valence electrons. The van der Waals surface area contributed by atoms with Crippen LogP contribution in [-0.2, 0) is 16.0 Å². The second-order valence-electron chi connectivity index (χ2n) is 9.18. The highest BCUT2D eigenvalue weighted by molar-refractivity contribution is 5.95. The van der Waals surface area contributed by atoms with E-state index in [1.165, 1.54) is 0 Å². The molecule has 1 fully saturated rings. The topological polar surface area (TPSA) is 125 Å². The number of aromatic hydroxyl groups is 1. The van der Waals surface area contributed by atoms with Gasteiger partial charge in [-0.2, -0.15) is 0 Å². The van der Waals surface area contributed by atoms with Crippen LogP contribution in [0.1, 0.15) is 41.6 Å². The van der Waals surface area contributed by atoms with E-state index in [0.29, 0.717) is 62.9 Å². The fraction of sp³-hybridized carbons (Fsp3) is 0.423. The number of benzene rings is 2. The molecule has 2 aromatic rings. The van der Waals surface area contributed by atoms with E-state index in [9.17, 15) is 19.5 Å². The van der Waals surface area contributed by atoms with Crippen LogP contribution >= 0.6 is 12.4 Å². The number of hydrogen-bond acceptors (Lipinski definition) is 5. The van der Waals surface area contributed by atoms with Crippen molar-refractivity contribution in [3.05, 3.63) is 53.6 Å². The molecular weight excluding hydrogens is 468 g/mol. The van der Waals surface area contributed by atoms with E-state index in [1.807, 2.05) is 18.2 Å². The Labute approximate surface area is 211 Å². The number of phenolic OH excluding ortho intramolecular Hbond substituents is 1. The summed E-state index contributed by atoms with van der Waals surface area (Å²) < 4.78 is 0. The molecule has 0 atom stereocenters. The number of amides is 3. The average Bonchev–Trinajstić information content (AvgIpc) is 2.81. The standard InChI is InChI=1S/C26H32N4O4.ClH/c27-21-14-20(15-21)26(34)30-11-2-1-9-29-25(33)19-5-3-4-18(13-19)22-12-17(6-7-23(22)31)8-10-28-24(32)16-30;/h3-7,12-13,20-21,31H,1-2,8-11,14-16,27H2,(H,28,32)(H,29,33);1H. The number of hydrogen-bond donors (Lipinski definition) is 4. The van der Waals surface area contributed by atoms with E-state index < -0.39 is 0 Å². The summed E-state index contributed by atoms with van der Waals surface area (Å²) in [5.74, 6) is -0.379. The van der Waals surface area contributed by atoms with Crippen LogP contribution in [0.4, 0.5) is 0 Å². The number of carbonyl (C=O) groups excluding carboxylic acids is 3. The SMILES string of the molecule is Cl.NC1CC(C(=O)N2CCCCNC(=O)c3cccc(c3)-c3cc(ccc3O)CCNC(=O)C2)C1. The predicted molar refractivity (Wildman–Crippen MR) is 136 cm³/mol. The third-order valence-electron chi connectivity index (χ3n) is 6.54. The zero-order valence-corrected chi connectivity index (χ0v) is 20.5. The van der Waals surface area contributed by atoms with Crippen LogP contribution in [-0.4, -0.2) is 59.9 Å². The molecule has 5 N–H and O–H groups in total. The Morgan fingerprint density at radius 3 is 2.54 bits per heavy atom. The molecule has 3 amide bonds. The number of nitrogens with one attached hydrogen (secondary N) is 2. The van der Waals surface area contributed by atoms with Crippen LogP contribution in [0.3, 0.4) is 0 Å². The van der Waals surface area contributed by atoms with E-state index in [4.69, 9.17) is 5.73 Å². The van der Waals surface area contributed by atoms with Gasteiger partial charge in [-0.25, -0.2) is 0 Å². The zero-order chi connectivity index (χ0) is 24.1. The molecule has 0 saturated heterocycles. The van der Waals surface area contributed by atoms with Crippen molar-refractivity contribution in [3.8, 4) is 16.9 Å². The van der Waals surface area contributed by atoms with E-state index in [1.54, 1.807) is 29.2 Å². The highest BCUT2D eigenvalue weighted by Crippen LogP contribution is 2.31. The van der Waals surface area contributed by atoms with Gasteiger partial charge in [-0.15, -0.1) is 12.4 Å². The summed E-state index contributed by atoms with van der Waals surface area (Å²) in [7, 11) is 0. The number of nitrogens with zero attached hydrogens (tertiary/aromatic N) is 1. The Morgan fingerprint density at radius 2 is 1.77 bits per heavy atom. The average molecular weight is 501 g/mol. The highest BCUT2D eigenvalue weighted by atomic mass is 35.5. The number of carbonyl (C=O) groups is 3. The van der Waals surface area contributed by atoms with Crippen molar-refractivity contribution in [1.29, 1.82) is 0 Å². The molecule has 1 aliphatic heterocycles. The lowest BCUT2D eigenvalue weighted by Crippen LogP contribution is -2.49. The smallest absolute Gasteiger partial charge is 0.251 e. The van der Waals surface area contributed by atoms with Gasteiger partial charge >= 0.3 is 0 Å². The van der Waals surface area contributed by atoms with Crippen LogP contribution < -0.4 is 16.4 Å². The summed E-state index contributed by atoms with van der Waals surface area (Å²) in [6, 6.07) is 12.5. The van der Waals surface area contributed by atoms with E-state index in [-0.39, 0.29) is 54.4 Å². The summed E-state index contributed by atoms with van der Waals surface area (Å²) in [6.07, 6.45) is 3.26. The molecule has 4 bridgehead atoms. The quantitative estimate of drug-likeness (QED) is 0.478. The fourth-order valence-corrected chi connectivity index (χ4v) is 4.49. The largest absolute Gasteiger partial charge is 0.507 e. The Balaban J connectivity index is 0.00000342. The van der Waals surface area contributed by atoms with Crippen LogP contribution in [0.25, 0.3) is 11.1 Å². The van der Waals surface area contributed by atoms with Gasteiger partial charge in [0.25, 0.3) is 5.91 Å². The third-order valence-corrected chi connectivity index (χ3v) is 6.54. The molecular formula is C26H33ClN4O4. The first-order valence-corrected chi connectivity index (χ1v) is 11.9. The summed E-state index contributed by atoms with van der Waals surface area (Å²) in [6.45, 7) is 1.36. The monoisotopic (exact) mass is 500 g/mol. The number of fused-ring (bicyclic) bond motifs is 5. The van der Waals surface area contributed by atoms with Crippen molar-refractivity contribution in [1.82, 2.24) is 15.5 Å². The summed E-state index contributed by atoms with van der Waals surface area (Å²) >= 11 is 0. The summed E-state index contributed by atoms with van der Waals surface area (Å²) in [4.78, 5) is 39.8. The second-order valence-corrected chi connectivity index (χ2v) is 9.18. The second kappa shape index (κ2) is 12.0. The first kappa shape index (κ1) is 26.5. The van der Waals surface area contributed by atoms with E-state index in [2.05, 4.69) is 10.6 Å². The molecule has 9 heteroatoms. The van der Waals surface area contributed by atoms with Gasteiger partial charge in [-0.1, -0.05) is 18.2 Å². The van der Waals surface area contributed by atoms with Crippen LogP contribution in [0.2, 0.25) is 0 Å². The maximum atomic E-state index is 12.9. The molecule has 8 nitrogen and oxygen atoms in total. The van der Waals surface area contributed by atoms with Gasteiger partial charge in [0.05, 0.1) is 6.54 Å². The molecule has 35 heavy (non-hydrogen) atoms. The maximum absolute atomic E-state index is 12.9. The summed E-state index contributed by atoms with van der Waals surface area (Å²) in [5.41, 5.74) is 8.70. The van der Waals surface area contributed by atoms with Crippen molar-refractivity contribution in [2.24, 2.45) is 11.7 Å². The molecule has 0 unspecified atom stereocenters. The molecule has 1 saturated carbocycles. The lowest BCUT2D eigenvalue weighted by atomic mass is 9.80. The molecule has 4 rings (SSSR count). The summed E-state index contributed by atoms with van der Waals surface area (Å²) in [5, 5.41) is 16.2. The molecule has 1 heterocycles. The molecule has 0 spiro atoms. The van der Waals surface area contributed by atoms with Gasteiger partial charge in [0.2, 0.25) is 11.8 Å². The van der Waals surface area contributed by atoms with E-state index in [0.717, 1.165) is 11.1 Å². The predicted octanol–water partition coefficient (Wildman–Crippen LogP) is 2.23. The lowest BCUT2D eigenvalue weighted by molar-refractivity contribution is -0.142. The van der Waals surface area contributed by atoms with Crippen LogP contribution in [0.5, 0.6) is 5.75 Å². The minimum Gasteiger partial charge on any atom is -0.507 e. The molecule has 0 aromatic heterocycles. The zero-order valence-electron chi connectivity index (χ0n) is 19.7. The van der Waals surface area contributed by atoms with Crippen LogP contribution in [0.15, 0.2) is 42.5 Å². The normalized spacial score (nSPS) is 21.3. The molecule has 2 aromatic carbocycles. The minimum atomic E-state index is -0.196. The van der Waals surface area contributed by atoms with E-state index >= 15 is 0 Å². The molecule has 2 aliphatic rings. The van der Waals surface area contributed by atoms with Crippen molar-refractivity contribution in [2.75, 3.05) is 26.2 Å². The van der Waals surface area contributed by atoms with Crippen molar-refractivity contribution < 1.29 is 19.5 Å². The van der Waals surface area contributed by atoms with Gasteiger partial charge in [0.15, 0.2) is 0 Å². The van der Waals surface area contributed by atoms with Gasteiger partial charge < -0.3 is 26.4 Å². The molecule has 1 aliphatic carbocycles. The van der Waals surface area contributed by atoms with Crippen LogP contribution in [0, 0.1) is 5.92 Å². The van der Waals surface area contributed by atoms with Gasteiger partial charge in [-0.05, 0) is 67.5 Å². The number of phenols is 1. The van der Waals surface area contributed by atoms with Crippen molar-refractivity contribution in [2.45, 2.75) is 38.1 Å². The molecule has 0 radical (unpaired) electrons. The lowest BCUT2D eigenvalue weighted by Gasteiger charge is -2.35. The third kappa shape index (κ3) is 6.74. The van der Waals surface area contributed by atoms with Crippen molar-refractivity contribution in [3.63, 3.8) is 0 Å².